The molecule has 0 atom stereocenters. The van der Waals surface area contributed by atoms with Gasteiger partial charge in [-0.2, -0.15) is 0 Å². The van der Waals surface area contributed by atoms with Gasteiger partial charge in [0.1, 0.15) is 0 Å². The van der Waals surface area contributed by atoms with Crippen molar-refractivity contribution in [2.24, 2.45) is 0 Å². The number of ether oxygens (including phenoxy) is 2. The van der Waals surface area contributed by atoms with E-state index in [1.165, 1.54) is 0 Å². The van der Waals surface area contributed by atoms with Crippen molar-refractivity contribution >= 4 is 5.69 Å². The van der Waals surface area contributed by atoms with Gasteiger partial charge in [0.15, 0.2) is 11.5 Å². The molecule has 0 unspecified atom stereocenters. The van der Waals surface area contributed by atoms with Crippen molar-refractivity contribution < 1.29 is 9.47 Å². The highest BCUT2D eigenvalue weighted by molar-refractivity contribution is 5.54. The van der Waals surface area contributed by atoms with Crippen molar-refractivity contribution in [3.05, 3.63) is 36.4 Å². The lowest BCUT2D eigenvalue weighted by Crippen LogP contribution is -2.06. The Morgan fingerprint density at radius 1 is 1.25 bits per heavy atom. The topological polar surface area (TPSA) is 48.3 Å². The highest BCUT2D eigenvalue weighted by Gasteiger charge is 2.06. The predicted molar refractivity (Wildman–Crippen MR) is 79.4 cm³/mol. The van der Waals surface area contributed by atoms with E-state index >= 15 is 0 Å². The van der Waals surface area contributed by atoms with Gasteiger partial charge in [0.25, 0.3) is 0 Å². The molecule has 2 aromatic rings. The number of aromatic nitrogens is 2. The van der Waals surface area contributed by atoms with Gasteiger partial charge in [-0.1, -0.05) is 0 Å². The van der Waals surface area contributed by atoms with Gasteiger partial charge in [-0.25, -0.2) is 4.98 Å². The molecule has 0 aliphatic carbocycles. The summed E-state index contributed by atoms with van der Waals surface area (Å²) in [5, 5.41) is 3.37. The molecule has 1 aromatic heterocycles. The van der Waals surface area contributed by atoms with Crippen LogP contribution in [-0.4, -0.2) is 23.3 Å². The number of anilines is 1. The van der Waals surface area contributed by atoms with Gasteiger partial charge in [0.2, 0.25) is 0 Å². The minimum Gasteiger partial charge on any atom is -0.493 e. The summed E-state index contributed by atoms with van der Waals surface area (Å²) in [6, 6.07) is 5.85. The van der Waals surface area contributed by atoms with E-state index in [9.17, 15) is 0 Å². The van der Waals surface area contributed by atoms with Gasteiger partial charge >= 0.3 is 0 Å². The van der Waals surface area contributed by atoms with E-state index in [1.807, 2.05) is 37.6 Å². The van der Waals surface area contributed by atoms with Crippen molar-refractivity contribution in [3.8, 4) is 11.5 Å². The largest absolute Gasteiger partial charge is 0.493 e. The molecule has 0 aliphatic heterocycles. The quantitative estimate of drug-likeness (QED) is 0.844. The predicted octanol–water partition coefficient (Wildman–Crippen LogP) is 2.92. The van der Waals surface area contributed by atoms with Crippen LogP contribution in [0.3, 0.4) is 0 Å². The van der Waals surface area contributed by atoms with Gasteiger partial charge in [-0.15, -0.1) is 0 Å². The SMILES string of the molecule is CCOc1ccc(NCc2cncn2CC)cc1OC. The molecule has 1 N–H and O–H groups in total. The molecule has 0 saturated carbocycles. The second kappa shape index (κ2) is 6.84. The summed E-state index contributed by atoms with van der Waals surface area (Å²) in [5.41, 5.74) is 2.15. The zero-order valence-electron chi connectivity index (χ0n) is 12.2. The Hall–Kier alpha value is -2.17. The Morgan fingerprint density at radius 3 is 2.80 bits per heavy atom. The molecule has 1 aromatic carbocycles. The summed E-state index contributed by atoms with van der Waals surface area (Å²) in [7, 11) is 1.65. The van der Waals surface area contributed by atoms with E-state index in [1.54, 1.807) is 7.11 Å². The monoisotopic (exact) mass is 275 g/mol. The summed E-state index contributed by atoms with van der Waals surface area (Å²) in [4.78, 5) is 4.16. The fraction of sp³-hybridized carbons (Fsp3) is 0.400. The number of hydrogen-bond acceptors (Lipinski definition) is 4. The molecule has 20 heavy (non-hydrogen) atoms. The molecule has 108 valence electrons. The van der Waals surface area contributed by atoms with E-state index in [0.29, 0.717) is 6.61 Å². The number of nitrogens with one attached hydrogen (secondary N) is 1. The number of benzene rings is 1. The maximum absolute atomic E-state index is 5.50. The lowest BCUT2D eigenvalue weighted by atomic mass is 10.2. The molecule has 0 saturated heterocycles. The number of methoxy groups -OCH3 is 1. The van der Waals surface area contributed by atoms with Crippen molar-refractivity contribution in [3.63, 3.8) is 0 Å². The van der Waals surface area contributed by atoms with Crippen LogP contribution in [0.4, 0.5) is 5.69 Å². The Labute approximate surface area is 119 Å². The molecule has 0 fully saturated rings. The lowest BCUT2D eigenvalue weighted by Gasteiger charge is -2.12. The lowest BCUT2D eigenvalue weighted by molar-refractivity contribution is 0.311. The van der Waals surface area contributed by atoms with Crippen molar-refractivity contribution in [1.82, 2.24) is 9.55 Å². The van der Waals surface area contributed by atoms with E-state index in [0.717, 1.165) is 36.0 Å². The van der Waals surface area contributed by atoms with Gasteiger partial charge < -0.3 is 19.4 Å². The number of nitrogens with zero attached hydrogens (tertiary/aromatic N) is 2. The Kier molecular flexibility index (Phi) is 4.87. The standard InChI is InChI=1S/C15H21N3O2/c1-4-18-11-16-9-13(18)10-17-12-6-7-14(20-5-2)15(8-12)19-3/h6-9,11,17H,4-5,10H2,1-3H3. The average Bonchev–Trinajstić information content (AvgIpc) is 2.94. The fourth-order valence-corrected chi connectivity index (χ4v) is 2.03. The maximum atomic E-state index is 5.50. The minimum atomic E-state index is 0.624. The van der Waals surface area contributed by atoms with Crippen LogP contribution in [0.15, 0.2) is 30.7 Å². The van der Waals surface area contributed by atoms with E-state index in [-0.39, 0.29) is 0 Å². The van der Waals surface area contributed by atoms with Crippen LogP contribution in [0, 0.1) is 0 Å². The van der Waals surface area contributed by atoms with Gasteiger partial charge in [-0.05, 0) is 26.0 Å². The molecular formula is C15H21N3O2. The van der Waals surface area contributed by atoms with Crippen LogP contribution in [0.25, 0.3) is 0 Å². The number of imidazole rings is 1. The highest BCUT2D eigenvalue weighted by Crippen LogP contribution is 2.30. The molecule has 0 radical (unpaired) electrons. The van der Waals surface area contributed by atoms with E-state index in [2.05, 4.69) is 21.8 Å². The van der Waals surface area contributed by atoms with Crippen LogP contribution in [0.5, 0.6) is 11.5 Å². The molecular weight excluding hydrogens is 254 g/mol. The van der Waals surface area contributed by atoms with Crippen molar-refractivity contribution in [2.45, 2.75) is 26.9 Å². The van der Waals surface area contributed by atoms with Crippen LogP contribution < -0.4 is 14.8 Å². The Balaban J connectivity index is 2.06. The zero-order valence-corrected chi connectivity index (χ0v) is 12.2. The fourth-order valence-electron chi connectivity index (χ4n) is 2.03. The second-order valence-electron chi connectivity index (χ2n) is 4.32. The van der Waals surface area contributed by atoms with Crippen LogP contribution in [0.1, 0.15) is 19.5 Å². The average molecular weight is 275 g/mol. The van der Waals surface area contributed by atoms with Crippen LogP contribution in [-0.2, 0) is 13.1 Å². The third-order valence-electron chi connectivity index (χ3n) is 3.08. The first-order chi connectivity index (χ1) is 9.78. The summed E-state index contributed by atoms with van der Waals surface area (Å²) in [5.74, 6) is 1.50. The van der Waals surface area contributed by atoms with Gasteiger partial charge in [0, 0.05) is 24.5 Å². The number of hydrogen-bond donors (Lipinski definition) is 1. The number of aryl methyl sites for hydroxylation is 1. The van der Waals surface area contributed by atoms with Gasteiger partial charge in [-0.3, -0.25) is 0 Å². The smallest absolute Gasteiger partial charge is 0.162 e. The van der Waals surface area contributed by atoms with Gasteiger partial charge in [0.05, 0.1) is 32.3 Å². The molecule has 0 spiro atoms. The third kappa shape index (κ3) is 3.23. The second-order valence-corrected chi connectivity index (χ2v) is 4.32. The van der Waals surface area contributed by atoms with E-state index in [4.69, 9.17) is 9.47 Å². The van der Waals surface area contributed by atoms with E-state index < -0.39 is 0 Å². The molecule has 0 bridgehead atoms. The zero-order chi connectivity index (χ0) is 14.4. The molecule has 5 nitrogen and oxygen atoms in total. The third-order valence-corrected chi connectivity index (χ3v) is 3.08. The first kappa shape index (κ1) is 14.2. The summed E-state index contributed by atoms with van der Waals surface area (Å²) in [6.07, 6.45) is 3.72. The number of rotatable bonds is 7. The summed E-state index contributed by atoms with van der Waals surface area (Å²) in [6.45, 7) is 6.33. The maximum Gasteiger partial charge on any atom is 0.162 e. The molecule has 5 heteroatoms. The first-order valence-corrected chi connectivity index (χ1v) is 6.82. The van der Waals surface area contributed by atoms with Crippen LogP contribution >= 0.6 is 0 Å². The molecule has 2 rings (SSSR count). The van der Waals surface area contributed by atoms with Crippen molar-refractivity contribution in [2.75, 3.05) is 19.0 Å². The minimum absolute atomic E-state index is 0.624. The first-order valence-electron chi connectivity index (χ1n) is 6.82. The highest BCUT2D eigenvalue weighted by atomic mass is 16.5. The van der Waals surface area contributed by atoms with Crippen molar-refractivity contribution in [1.29, 1.82) is 0 Å². The van der Waals surface area contributed by atoms with Crippen LogP contribution in [0.2, 0.25) is 0 Å². The molecule has 0 amide bonds. The summed E-state index contributed by atoms with van der Waals surface area (Å²) >= 11 is 0. The normalized spacial score (nSPS) is 10.3. The molecule has 0 aliphatic rings. The Bertz CT molecular complexity index is 552. The Morgan fingerprint density at radius 2 is 2.10 bits per heavy atom. The molecule has 1 heterocycles. The summed E-state index contributed by atoms with van der Waals surface area (Å²) < 4.78 is 13.0.